The van der Waals surface area contributed by atoms with Crippen molar-refractivity contribution >= 4 is 17.4 Å². The predicted octanol–water partition coefficient (Wildman–Crippen LogP) is 3.49. The molecule has 6 heteroatoms. The molecule has 2 aromatic rings. The van der Waals surface area contributed by atoms with E-state index in [4.69, 9.17) is 4.74 Å². The van der Waals surface area contributed by atoms with E-state index >= 15 is 0 Å². The van der Waals surface area contributed by atoms with E-state index in [1.165, 1.54) is 0 Å². The zero-order valence-electron chi connectivity index (χ0n) is 14.7. The summed E-state index contributed by atoms with van der Waals surface area (Å²) in [5.41, 5.74) is 2.10. The fraction of sp³-hybridized carbons (Fsp3) is 0.444. The molecule has 2 rings (SSSR count). The lowest BCUT2D eigenvalue weighted by molar-refractivity contribution is 0.240. The van der Waals surface area contributed by atoms with Crippen molar-refractivity contribution < 1.29 is 9.53 Å². The van der Waals surface area contributed by atoms with Gasteiger partial charge in [0.25, 0.3) is 0 Å². The molecule has 130 valence electrons. The third kappa shape index (κ3) is 5.53. The summed E-state index contributed by atoms with van der Waals surface area (Å²) < 4.78 is 5.12. The third-order valence-corrected chi connectivity index (χ3v) is 4.80. The second-order valence-electron chi connectivity index (χ2n) is 6.60. The molecule has 5 nitrogen and oxygen atoms in total. The number of carbonyl (C=O) groups excluding carboxylic acids is 1. The van der Waals surface area contributed by atoms with Gasteiger partial charge in [-0.2, -0.15) is 0 Å². The van der Waals surface area contributed by atoms with Crippen molar-refractivity contribution in [3.05, 3.63) is 45.9 Å². The highest BCUT2D eigenvalue weighted by Gasteiger charge is 2.17. The van der Waals surface area contributed by atoms with Crippen LogP contribution in [0.25, 0.3) is 0 Å². The van der Waals surface area contributed by atoms with Gasteiger partial charge in [-0.15, -0.1) is 11.3 Å². The largest absolute Gasteiger partial charge is 0.497 e. The van der Waals surface area contributed by atoms with Gasteiger partial charge in [0.15, 0.2) is 0 Å². The highest BCUT2D eigenvalue weighted by molar-refractivity contribution is 7.09. The number of hydrogen-bond donors (Lipinski definition) is 2. The molecule has 0 bridgehead atoms. The van der Waals surface area contributed by atoms with E-state index in [-0.39, 0.29) is 11.4 Å². The first-order valence-electron chi connectivity index (χ1n) is 7.98. The SMILES string of the molecule is COc1ccc(CCNC(=O)NCc2csc(C(C)(C)C)n2)cc1. The normalized spacial score (nSPS) is 11.2. The van der Waals surface area contributed by atoms with Crippen LogP contribution in [0.5, 0.6) is 5.75 Å². The first-order valence-corrected chi connectivity index (χ1v) is 8.86. The lowest BCUT2D eigenvalue weighted by Crippen LogP contribution is -2.36. The van der Waals surface area contributed by atoms with E-state index in [1.807, 2.05) is 29.6 Å². The number of ether oxygens (including phenoxy) is 1. The smallest absolute Gasteiger partial charge is 0.315 e. The average molecular weight is 347 g/mol. The lowest BCUT2D eigenvalue weighted by Gasteiger charge is -2.13. The van der Waals surface area contributed by atoms with Gasteiger partial charge in [-0.3, -0.25) is 0 Å². The van der Waals surface area contributed by atoms with E-state index in [1.54, 1.807) is 18.4 Å². The maximum Gasteiger partial charge on any atom is 0.315 e. The molecule has 1 aromatic heterocycles. The van der Waals surface area contributed by atoms with Gasteiger partial charge in [0.1, 0.15) is 5.75 Å². The van der Waals surface area contributed by atoms with Crippen molar-refractivity contribution in [2.24, 2.45) is 0 Å². The fourth-order valence-electron chi connectivity index (χ4n) is 2.08. The van der Waals surface area contributed by atoms with Gasteiger partial charge in [-0.25, -0.2) is 9.78 Å². The Hall–Kier alpha value is -2.08. The summed E-state index contributed by atoms with van der Waals surface area (Å²) in [5.74, 6) is 0.836. The van der Waals surface area contributed by atoms with Crippen LogP contribution < -0.4 is 15.4 Å². The molecule has 0 saturated carbocycles. The monoisotopic (exact) mass is 347 g/mol. The Bertz CT molecular complexity index is 660. The Labute approximate surface area is 147 Å². The summed E-state index contributed by atoms with van der Waals surface area (Å²) in [6.45, 7) is 7.43. The van der Waals surface area contributed by atoms with Crippen molar-refractivity contribution in [2.75, 3.05) is 13.7 Å². The van der Waals surface area contributed by atoms with E-state index in [2.05, 4.69) is 36.4 Å². The van der Waals surface area contributed by atoms with Gasteiger partial charge in [-0.05, 0) is 24.1 Å². The summed E-state index contributed by atoms with van der Waals surface area (Å²) in [7, 11) is 1.65. The maximum atomic E-state index is 11.8. The predicted molar refractivity (Wildman–Crippen MR) is 97.8 cm³/mol. The molecule has 0 atom stereocenters. The number of hydrogen-bond acceptors (Lipinski definition) is 4. The number of urea groups is 1. The second-order valence-corrected chi connectivity index (χ2v) is 7.46. The Balaban J connectivity index is 1.70. The van der Waals surface area contributed by atoms with E-state index in [0.717, 1.165) is 28.4 Å². The van der Waals surface area contributed by atoms with Crippen LogP contribution in [0.2, 0.25) is 0 Å². The van der Waals surface area contributed by atoms with Gasteiger partial charge in [0.2, 0.25) is 0 Å². The third-order valence-electron chi connectivity index (χ3n) is 3.48. The number of nitrogens with zero attached hydrogens (tertiary/aromatic N) is 1. The molecule has 2 amide bonds. The zero-order valence-corrected chi connectivity index (χ0v) is 15.5. The van der Waals surface area contributed by atoms with E-state index in [9.17, 15) is 4.79 Å². The Morgan fingerprint density at radius 3 is 2.50 bits per heavy atom. The molecule has 1 aromatic carbocycles. The number of benzene rings is 1. The molecular weight excluding hydrogens is 322 g/mol. The van der Waals surface area contributed by atoms with E-state index in [0.29, 0.717) is 13.1 Å². The van der Waals surface area contributed by atoms with Crippen LogP contribution in [0.3, 0.4) is 0 Å². The molecule has 0 unspecified atom stereocenters. The first-order chi connectivity index (χ1) is 11.4. The van der Waals surface area contributed by atoms with Gasteiger partial charge < -0.3 is 15.4 Å². The van der Waals surface area contributed by atoms with Crippen LogP contribution in [0.4, 0.5) is 4.79 Å². The molecule has 0 spiro atoms. The molecule has 0 aliphatic rings. The van der Waals surface area contributed by atoms with Gasteiger partial charge >= 0.3 is 6.03 Å². The van der Waals surface area contributed by atoms with Crippen LogP contribution in [0.15, 0.2) is 29.6 Å². The van der Waals surface area contributed by atoms with Crippen molar-refractivity contribution in [2.45, 2.75) is 39.2 Å². The van der Waals surface area contributed by atoms with Gasteiger partial charge in [0.05, 0.1) is 24.4 Å². The minimum Gasteiger partial charge on any atom is -0.497 e. The van der Waals surface area contributed by atoms with Crippen molar-refractivity contribution in [3.63, 3.8) is 0 Å². The van der Waals surface area contributed by atoms with Gasteiger partial charge in [-0.1, -0.05) is 32.9 Å². The van der Waals surface area contributed by atoms with Crippen LogP contribution in [0, 0.1) is 0 Å². The molecule has 24 heavy (non-hydrogen) atoms. The number of carbonyl (C=O) groups is 1. The van der Waals surface area contributed by atoms with Crippen molar-refractivity contribution in [3.8, 4) is 5.75 Å². The van der Waals surface area contributed by atoms with E-state index < -0.39 is 0 Å². The summed E-state index contributed by atoms with van der Waals surface area (Å²) in [4.78, 5) is 16.4. The van der Waals surface area contributed by atoms with Crippen LogP contribution >= 0.6 is 11.3 Å². The molecule has 0 fully saturated rings. The second kappa shape index (κ2) is 8.15. The van der Waals surface area contributed by atoms with Gasteiger partial charge in [0, 0.05) is 17.3 Å². The highest BCUT2D eigenvalue weighted by Crippen LogP contribution is 2.25. The minimum atomic E-state index is -0.172. The highest BCUT2D eigenvalue weighted by atomic mass is 32.1. The van der Waals surface area contributed by atoms with Crippen LogP contribution in [-0.4, -0.2) is 24.7 Å². The van der Waals surface area contributed by atoms with Crippen LogP contribution in [-0.2, 0) is 18.4 Å². The summed E-state index contributed by atoms with van der Waals surface area (Å²) in [5, 5.41) is 8.78. The molecule has 0 aliphatic carbocycles. The topological polar surface area (TPSA) is 63.2 Å². The summed E-state index contributed by atoms with van der Waals surface area (Å²) in [6.07, 6.45) is 0.780. The number of methoxy groups -OCH3 is 1. The standard InChI is InChI=1S/C18H25N3O2S/c1-18(2,3)16-21-14(12-24-16)11-20-17(22)19-10-9-13-5-7-15(23-4)8-6-13/h5-8,12H,9-11H2,1-4H3,(H2,19,20,22). The number of aromatic nitrogens is 1. The fourth-order valence-corrected chi connectivity index (χ4v) is 2.99. The number of thiazole rings is 1. The molecule has 1 heterocycles. The molecule has 0 saturated heterocycles. The number of rotatable bonds is 6. The number of amides is 2. The zero-order chi connectivity index (χ0) is 17.6. The first kappa shape index (κ1) is 18.3. The molecule has 0 aliphatic heterocycles. The Morgan fingerprint density at radius 1 is 1.21 bits per heavy atom. The van der Waals surface area contributed by atoms with Crippen LogP contribution in [0.1, 0.15) is 37.0 Å². The van der Waals surface area contributed by atoms with Crippen molar-refractivity contribution in [1.29, 1.82) is 0 Å². The molecule has 0 radical (unpaired) electrons. The molecular formula is C18H25N3O2S. The number of nitrogens with one attached hydrogen (secondary N) is 2. The Morgan fingerprint density at radius 2 is 1.92 bits per heavy atom. The minimum absolute atomic E-state index is 0.0452. The maximum absolute atomic E-state index is 11.8. The average Bonchev–Trinajstić information content (AvgIpc) is 3.03. The lowest BCUT2D eigenvalue weighted by atomic mass is 9.98. The molecule has 2 N–H and O–H groups in total. The summed E-state index contributed by atoms with van der Waals surface area (Å²) >= 11 is 1.63. The Kier molecular flexibility index (Phi) is 6.20. The quantitative estimate of drug-likeness (QED) is 0.841. The summed E-state index contributed by atoms with van der Waals surface area (Å²) in [6, 6.07) is 7.67. The van der Waals surface area contributed by atoms with Crippen molar-refractivity contribution in [1.82, 2.24) is 15.6 Å².